The van der Waals surface area contributed by atoms with Crippen molar-refractivity contribution in [2.45, 2.75) is 6.10 Å². The first-order valence-corrected chi connectivity index (χ1v) is 5.80. The van der Waals surface area contributed by atoms with Gasteiger partial charge < -0.3 is 10.5 Å². The highest BCUT2D eigenvalue weighted by Gasteiger charge is 2.17. The number of rotatable bonds is 4. The average Bonchev–Trinajstić information content (AvgIpc) is 2.46. The van der Waals surface area contributed by atoms with Crippen molar-refractivity contribution in [3.05, 3.63) is 71.8 Å². The van der Waals surface area contributed by atoms with Gasteiger partial charge in [0.2, 0.25) is 0 Å². The topological polar surface area (TPSA) is 52.3 Å². The van der Waals surface area contributed by atoms with Crippen LogP contribution in [0.2, 0.25) is 0 Å². The van der Waals surface area contributed by atoms with E-state index in [0.29, 0.717) is 0 Å². The number of hydrogen-bond donors (Lipinski definition) is 1. The van der Waals surface area contributed by atoms with Crippen molar-refractivity contribution >= 4 is 18.4 Å². The zero-order chi connectivity index (χ0) is 12.8. The van der Waals surface area contributed by atoms with E-state index in [1.54, 1.807) is 0 Å². The van der Waals surface area contributed by atoms with E-state index in [9.17, 15) is 4.79 Å². The normalized spacial score (nSPS) is 9.79. The molecule has 19 heavy (non-hydrogen) atoms. The number of carbonyl (C=O) groups is 1. The molecule has 2 N–H and O–H groups in total. The van der Waals surface area contributed by atoms with Crippen LogP contribution in [-0.2, 0) is 9.53 Å². The van der Waals surface area contributed by atoms with Crippen molar-refractivity contribution in [3.63, 3.8) is 0 Å². The minimum Gasteiger partial charge on any atom is -0.452 e. The molecule has 100 valence electrons. The van der Waals surface area contributed by atoms with Gasteiger partial charge in [-0.2, -0.15) is 0 Å². The van der Waals surface area contributed by atoms with Crippen molar-refractivity contribution < 1.29 is 9.53 Å². The van der Waals surface area contributed by atoms with Crippen LogP contribution in [0.1, 0.15) is 17.2 Å². The fourth-order valence-corrected chi connectivity index (χ4v) is 1.76. The monoisotopic (exact) mass is 277 g/mol. The van der Waals surface area contributed by atoms with Crippen LogP contribution in [0.15, 0.2) is 60.7 Å². The molecule has 0 saturated heterocycles. The number of esters is 1. The second-order valence-corrected chi connectivity index (χ2v) is 3.90. The fraction of sp³-hybridized carbons (Fsp3) is 0.133. The lowest BCUT2D eigenvalue weighted by Crippen LogP contribution is -2.20. The molecule has 4 heteroatoms. The van der Waals surface area contributed by atoms with Gasteiger partial charge in [-0.25, -0.2) is 0 Å². The maximum atomic E-state index is 11.4. The molecule has 0 heterocycles. The second-order valence-electron chi connectivity index (χ2n) is 3.90. The highest BCUT2D eigenvalue weighted by Crippen LogP contribution is 2.25. The van der Waals surface area contributed by atoms with Crippen molar-refractivity contribution in [1.82, 2.24) is 0 Å². The number of benzene rings is 2. The molecule has 0 saturated carbocycles. The van der Waals surface area contributed by atoms with Gasteiger partial charge in [0, 0.05) is 0 Å². The van der Waals surface area contributed by atoms with Crippen molar-refractivity contribution in [2.75, 3.05) is 6.54 Å². The predicted molar refractivity (Wildman–Crippen MR) is 77.1 cm³/mol. The molecule has 0 atom stereocenters. The maximum Gasteiger partial charge on any atom is 0.320 e. The Hall–Kier alpha value is -1.84. The lowest BCUT2D eigenvalue weighted by atomic mass is 10.0. The van der Waals surface area contributed by atoms with Gasteiger partial charge >= 0.3 is 5.97 Å². The molecular formula is C15H16ClNO2. The Morgan fingerprint density at radius 2 is 1.37 bits per heavy atom. The van der Waals surface area contributed by atoms with Crippen LogP contribution in [0.25, 0.3) is 0 Å². The highest BCUT2D eigenvalue weighted by molar-refractivity contribution is 5.85. The molecular weight excluding hydrogens is 262 g/mol. The van der Waals surface area contributed by atoms with Crippen LogP contribution in [0.4, 0.5) is 0 Å². The summed E-state index contributed by atoms with van der Waals surface area (Å²) >= 11 is 0. The van der Waals surface area contributed by atoms with Gasteiger partial charge in [-0.15, -0.1) is 12.4 Å². The van der Waals surface area contributed by atoms with E-state index in [-0.39, 0.29) is 19.0 Å². The molecule has 0 aliphatic carbocycles. The van der Waals surface area contributed by atoms with Gasteiger partial charge in [-0.1, -0.05) is 60.7 Å². The van der Waals surface area contributed by atoms with Gasteiger partial charge in [0.25, 0.3) is 0 Å². The summed E-state index contributed by atoms with van der Waals surface area (Å²) in [7, 11) is 0. The summed E-state index contributed by atoms with van der Waals surface area (Å²) in [5.74, 6) is -0.410. The van der Waals surface area contributed by atoms with E-state index in [4.69, 9.17) is 10.5 Å². The first-order chi connectivity index (χ1) is 8.81. The summed E-state index contributed by atoms with van der Waals surface area (Å²) in [6.45, 7) is -0.115. The highest BCUT2D eigenvalue weighted by atomic mass is 35.5. The molecule has 0 aliphatic heterocycles. The maximum absolute atomic E-state index is 11.4. The minimum absolute atomic E-state index is 0. The van der Waals surface area contributed by atoms with Crippen LogP contribution in [0.3, 0.4) is 0 Å². The standard InChI is InChI=1S/C15H15NO2.ClH/c16-11-14(17)18-15(12-7-3-1-4-8-12)13-9-5-2-6-10-13;/h1-10,15H,11,16H2;1H. The Morgan fingerprint density at radius 3 is 1.74 bits per heavy atom. The minimum atomic E-state index is -0.410. The molecule has 0 aliphatic rings. The molecule has 0 spiro atoms. The number of nitrogens with two attached hydrogens (primary N) is 1. The van der Waals surface area contributed by atoms with E-state index in [2.05, 4.69) is 0 Å². The number of halogens is 1. The summed E-state index contributed by atoms with van der Waals surface area (Å²) < 4.78 is 5.41. The molecule has 0 radical (unpaired) electrons. The molecule has 2 aromatic carbocycles. The van der Waals surface area contributed by atoms with Crippen LogP contribution in [0, 0.1) is 0 Å². The van der Waals surface area contributed by atoms with E-state index in [1.165, 1.54) is 0 Å². The zero-order valence-electron chi connectivity index (χ0n) is 10.4. The van der Waals surface area contributed by atoms with Gasteiger partial charge in [0.15, 0.2) is 6.10 Å². The third kappa shape index (κ3) is 4.09. The zero-order valence-corrected chi connectivity index (χ0v) is 11.2. The molecule has 3 nitrogen and oxygen atoms in total. The van der Waals surface area contributed by atoms with E-state index in [0.717, 1.165) is 11.1 Å². The van der Waals surface area contributed by atoms with Gasteiger partial charge in [0.05, 0.1) is 6.54 Å². The summed E-state index contributed by atoms with van der Waals surface area (Å²) in [5.41, 5.74) is 7.17. The molecule has 2 aromatic rings. The van der Waals surface area contributed by atoms with Crippen molar-refractivity contribution in [2.24, 2.45) is 5.73 Å². The second kappa shape index (κ2) is 7.56. The quantitative estimate of drug-likeness (QED) is 0.874. The van der Waals surface area contributed by atoms with Crippen molar-refractivity contribution in [1.29, 1.82) is 0 Å². The molecule has 0 unspecified atom stereocenters. The first kappa shape index (κ1) is 15.2. The lowest BCUT2D eigenvalue weighted by molar-refractivity contribution is -0.145. The Balaban J connectivity index is 0.00000180. The Labute approximate surface area is 118 Å². The van der Waals surface area contributed by atoms with E-state index in [1.807, 2.05) is 60.7 Å². The molecule has 2 rings (SSSR count). The number of carbonyl (C=O) groups excluding carboxylic acids is 1. The van der Waals surface area contributed by atoms with E-state index >= 15 is 0 Å². The fourth-order valence-electron chi connectivity index (χ4n) is 1.76. The summed E-state index contributed by atoms with van der Waals surface area (Å²) in [6, 6.07) is 19.3. The van der Waals surface area contributed by atoms with Crippen LogP contribution in [-0.4, -0.2) is 12.5 Å². The third-order valence-corrected chi connectivity index (χ3v) is 2.62. The average molecular weight is 278 g/mol. The Kier molecular flexibility index (Phi) is 6.06. The first-order valence-electron chi connectivity index (χ1n) is 5.80. The van der Waals surface area contributed by atoms with Crippen LogP contribution < -0.4 is 5.73 Å². The molecule has 0 bridgehead atoms. The molecule has 0 aromatic heterocycles. The lowest BCUT2D eigenvalue weighted by Gasteiger charge is -2.18. The Morgan fingerprint density at radius 1 is 0.947 bits per heavy atom. The Bertz CT molecular complexity index is 463. The number of ether oxygens (including phenoxy) is 1. The largest absolute Gasteiger partial charge is 0.452 e. The van der Waals surface area contributed by atoms with Crippen LogP contribution >= 0.6 is 12.4 Å². The van der Waals surface area contributed by atoms with Crippen molar-refractivity contribution in [3.8, 4) is 0 Å². The third-order valence-electron chi connectivity index (χ3n) is 2.62. The summed E-state index contributed by atoms with van der Waals surface area (Å²) in [5, 5.41) is 0. The van der Waals surface area contributed by atoms with E-state index < -0.39 is 12.1 Å². The van der Waals surface area contributed by atoms with Gasteiger partial charge in [-0.3, -0.25) is 4.79 Å². The molecule has 0 fully saturated rings. The van der Waals surface area contributed by atoms with Gasteiger partial charge in [-0.05, 0) is 11.1 Å². The smallest absolute Gasteiger partial charge is 0.320 e. The SMILES string of the molecule is Cl.NCC(=O)OC(c1ccccc1)c1ccccc1. The van der Waals surface area contributed by atoms with Crippen LogP contribution in [0.5, 0.6) is 0 Å². The summed E-state index contributed by atoms with van der Waals surface area (Å²) in [4.78, 5) is 11.4. The summed E-state index contributed by atoms with van der Waals surface area (Å²) in [6.07, 6.45) is -0.400. The predicted octanol–water partition coefficient (Wildman–Crippen LogP) is 2.70. The number of hydrogen-bond acceptors (Lipinski definition) is 3. The van der Waals surface area contributed by atoms with Gasteiger partial charge in [0.1, 0.15) is 0 Å². The molecule has 0 amide bonds.